The third-order valence-electron chi connectivity index (χ3n) is 5.43. The molecule has 2 atom stereocenters. The maximum Gasteiger partial charge on any atom is 0.119 e. The lowest BCUT2D eigenvalue weighted by Gasteiger charge is -2.42. The Labute approximate surface area is 151 Å². The molecule has 2 unspecified atom stereocenters. The van der Waals surface area contributed by atoms with Gasteiger partial charge < -0.3 is 14.7 Å². The summed E-state index contributed by atoms with van der Waals surface area (Å²) in [6.45, 7) is 1.80. The molecule has 25 heavy (non-hydrogen) atoms. The summed E-state index contributed by atoms with van der Waals surface area (Å²) < 4.78 is 5.36. The van der Waals surface area contributed by atoms with Crippen molar-refractivity contribution in [1.82, 2.24) is 4.90 Å². The molecule has 1 fully saturated rings. The van der Waals surface area contributed by atoms with E-state index in [1.165, 1.54) is 12.0 Å². The van der Waals surface area contributed by atoms with Crippen molar-refractivity contribution in [2.45, 2.75) is 37.8 Å². The molecule has 2 aromatic rings. The highest BCUT2D eigenvalue weighted by Crippen LogP contribution is 2.42. The fraction of sp³-hybridized carbons (Fsp3) is 0.455. The van der Waals surface area contributed by atoms with Crippen molar-refractivity contribution >= 4 is 0 Å². The van der Waals surface area contributed by atoms with E-state index in [1.807, 2.05) is 30.3 Å². The molecule has 0 amide bonds. The van der Waals surface area contributed by atoms with Crippen LogP contribution < -0.4 is 4.74 Å². The highest BCUT2D eigenvalue weighted by atomic mass is 16.5. The van der Waals surface area contributed by atoms with Gasteiger partial charge in [0.25, 0.3) is 0 Å². The van der Waals surface area contributed by atoms with Crippen LogP contribution in [0.3, 0.4) is 0 Å². The third kappa shape index (κ3) is 4.23. The van der Waals surface area contributed by atoms with Crippen LogP contribution in [-0.2, 0) is 12.1 Å². The predicted molar refractivity (Wildman–Crippen MR) is 102 cm³/mol. The van der Waals surface area contributed by atoms with Crippen LogP contribution in [0.4, 0.5) is 0 Å². The molecule has 0 aromatic heterocycles. The zero-order valence-corrected chi connectivity index (χ0v) is 15.3. The van der Waals surface area contributed by atoms with Gasteiger partial charge in [-0.2, -0.15) is 0 Å². The van der Waals surface area contributed by atoms with Crippen LogP contribution in [0.15, 0.2) is 54.6 Å². The zero-order valence-electron chi connectivity index (χ0n) is 15.3. The first-order chi connectivity index (χ1) is 12.1. The van der Waals surface area contributed by atoms with Crippen molar-refractivity contribution in [2.75, 3.05) is 20.7 Å². The Kier molecular flexibility index (Phi) is 5.77. The van der Waals surface area contributed by atoms with Gasteiger partial charge in [-0.25, -0.2) is 0 Å². The van der Waals surface area contributed by atoms with Crippen LogP contribution in [0.2, 0.25) is 0 Å². The average molecular weight is 339 g/mol. The maximum atomic E-state index is 11.6. The summed E-state index contributed by atoms with van der Waals surface area (Å²) in [5, 5.41) is 11.6. The number of hydrogen-bond acceptors (Lipinski definition) is 3. The van der Waals surface area contributed by atoms with Crippen LogP contribution in [0.25, 0.3) is 0 Å². The molecule has 3 nitrogen and oxygen atoms in total. The normalized spacial score (nSPS) is 23.6. The fourth-order valence-corrected chi connectivity index (χ4v) is 4.08. The van der Waals surface area contributed by atoms with Gasteiger partial charge in [0.2, 0.25) is 0 Å². The molecule has 0 saturated heterocycles. The number of rotatable bonds is 6. The largest absolute Gasteiger partial charge is 0.497 e. The van der Waals surface area contributed by atoms with Crippen LogP contribution in [0.1, 0.15) is 36.8 Å². The molecular weight excluding hydrogens is 310 g/mol. The van der Waals surface area contributed by atoms with Gasteiger partial charge in [0.05, 0.1) is 12.7 Å². The van der Waals surface area contributed by atoms with Gasteiger partial charge >= 0.3 is 0 Å². The number of methoxy groups -OCH3 is 1. The van der Waals surface area contributed by atoms with Gasteiger partial charge in [-0.15, -0.1) is 0 Å². The van der Waals surface area contributed by atoms with E-state index in [2.05, 4.69) is 36.2 Å². The van der Waals surface area contributed by atoms with E-state index in [0.717, 1.165) is 43.7 Å². The van der Waals surface area contributed by atoms with Crippen molar-refractivity contribution in [1.29, 1.82) is 0 Å². The Morgan fingerprint density at radius 3 is 2.68 bits per heavy atom. The summed E-state index contributed by atoms with van der Waals surface area (Å²) >= 11 is 0. The van der Waals surface area contributed by atoms with E-state index in [4.69, 9.17) is 4.74 Å². The summed E-state index contributed by atoms with van der Waals surface area (Å²) in [7, 11) is 3.82. The molecule has 2 aromatic carbocycles. The van der Waals surface area contributed by atoms with Crippen LogP contribution in [0.5, 0.6) is 5.75 Å². The topological polar surface area (TPSA) is 32.7 Å². The van der Waals surface area contributed by atoms with Gasteiger partial charge in [0, 0.05) is 19.0 Å². The molecule has 0 bridgehead atoms. The summed E-state index contributed by atoms with van der Waals surface area (Å²) in [5.74, 6) is 1.05. The minimum Gasteiger partial charge on any atom is -0.497 e. The SMILES string of the molecule is COc1cccc(C2(O)CCCCC2CN(C)Cc2ccccc2)c1. The first kappa shape index (κ1) is 18.0. The quantitative estimate of drug-likeness (QED) is 0.856. The predicted octanol–water partition coefficient (Wildman–Crippen LogP) is 4.21. The van der Waals surface area contributed by atoms with Gasteiger partial charge in [0.15, 0.2) is 0 Å². The Morgan fingerprint density at radius 2 is 1.92 bits per heavy atom. The second-order valence-electron chi connectivity index (χ2n) is 7.28. The van der Waals surface area contributed by atoms with Gasteiger partial charge in [-0.05, 0) is 43.1 Å². The van der Waals surface area contributed by atoms with E-state index >= 15 is 0 Å². The molecule has 0 aliphatic heterocycles. The van der Waals surface area contributed by atoms with Gasteiger partial charge in [-0.1, -0.05) is 55.3 Å². The van der Waals surface area contributed by atoms with Crippen molar-refractivity contribution in [3.63, 3.8) is 0 Å². The Bertz CT molecular complexity index is 673. The number of ether oxygens (including phenoxy) is 1. The van der Waals surface area contributed by atoms with Crippen molar-refractivity contribution in [3.8, 4) is 5.75 Å². The summed E-state index contributed by atoms with van der Waals surface area (Å²) in [6.07, 6.45) is 4.15. The highest BCUT2D eigenvalue weighted by molar-refractivity contribution is 5.33. The molecule has 3 rings (SSSR count). The Morgan fingerprint density at radius 1 is 1.12 bits per heavy atom. The molecular formula is C22H29NO2. The molecule has 1 aliphatic rings. The average Bonchev–Trinajstić information content (AvgIpc) is 2.64. The van der Waals surface area contributed by atoms with E-state index in [-0.39, 0.29) is 5.92 Å². The van der Waals surface area contributed by atoms with E-state index < -0.39 is 5.60 Å². The van der Waals surface area contributed by atoms with E-state index in [9.17, 15) is 5.11 Å². The van der Waals surface area contributed by atoms with Crippen molar-refractivity contribution in [3.05, 3.63) is 65.7 Å². The number of hydrogen-bond donors (Lipinski definition) is 1. The highest BCUT2D eigenvalue weighted by Gasteiger charge is 2.40. The minimum absolute atomic E-state index is 0.238. The number of benzene rings is 2. The van der Waals surface area contributed by atoms with Crippen molar-refractivity contribution < 1.29 is 9.84 Å². The Hall–Kier alpha value is -1.84. The second kappa shape index (κ2) is 8.03. The molecule has 3 heteroatoms. The molecule has 0 spiro atoms. The molecule has 1 N–H and O–H groups in total. The summed E-state index contributed by atoms with van der Waals surface area (Å²) in [4.78, 5) is 2.33. The molecule has 0 radical (unpaired) electrons. The molecule has 1 aliphatic carbocycles. The van der Waals surface area contributed by atoms with Crippen LogP contribution >= 0.6 is 0 Å². The zero-order chi connectivity index (χ0) is 17.7. The minimum atomic E-state index is -0.766. The second-order valence-corrected chi connectivity index (χ2v) is 7.28. The van der Waals surface area contributed by atoms with Gasteiger partial charge in [0.1, 0.15) is 5.75 Å². The smallest absolute Gasteiger partial charge is 0.119 e. The lowest BCUT2D eigenvalue weighted by molar-refractivity contribution is -0.0643. The molecule has 1 saturated carbocycles. The third-order valence-corrected chi connectivity index (χ3v) is 5.43. The van der Waals surface area contributed by atoms with Crippen molar-refractivity contribution in [2.24, 2.45) is 5.92 Å². The Balaban J connectivity index is 1.75. The van der Waals surface area contributed by atoms with E-state index in [0.29, 0.717) is 0 Å². The fourth-order valence-electron chi connectivity index (χ4n) is 4.08. The van der Waals surface area contributed by atoms with Crippen LogP contribution in [0, 0.1) is 5.92 Å². The lowest BCUT2D eigenvalue weighted by atomic mass is 9.71. The van der Waals surface area contributed by atoms with Gasteiger partial charge in [-0.3, -0.25) is 0 Å². The maximum absolute atomic E-state index is 11.6. The number of aliphatic hydroxyl groups is 1. The summed E-state index contributed by atoms with van der Waals surface area (Å²) in [5.41, 5.74) is 1.54. The summed E-state index contributed by atoms with van der Waals surface area (Å²) in [6, 6.07) is 18.5. The first-order valence-corrected chi connectivity index (χ1v) is 9.21. The number of nitrogens with zero attached hydrogens (tertiary/aromatic N) is 1. The van der Waals surface area contributed by atoms with Crippen LogP contribution in [-0.4, -0.2) is 30.7 Å². The van der Waals surface area contributed by atoms with E-state index in [1.54, 1.807) is 7.11 Å². The first-order valence-electron chi connectivity index (χ1n) is 9.21. The molecule has 0 heterocycles. The lowest BCUT2D eigenvalue weighted by Crippen LogP contribution is -2.43. The standard InChI is InChI=1S/C22H29NO2/c1-23(16-18-9-4-3-5-10-18)17-20-11-6-7-14-22(20,24)19-12-8-13-21(15-19)25-2/h3-5,8-10,12-13,15,20,24H,6-7,11,14,16-17H2,1-2H3. The molecule has 134 valence electrons. The monoisotopic (exact) mass is 339 g/mol.